The van der Waals surface area contributed by atoms with Gasteiger partial charge in [-0.05, 0) is 26.7 Å². The number of aryl methyl sites for hydroxylation is 1. The van der Waals surface area contributed by atoms with Crippen LogP contribution in [-0.4, -0.2) is 29.1 Å². The van der Waals surface area contributed by atoms with Crippen LogP contribution in [0.1, 0.15) is 24.8 Å². The van der Waals surface area contributed by atoms with Gasteiger partial charge in [0.05, 0.1) is 0 Å². The van der Waals surface area contributed by atoms with E-state index in [9.17, 15) is 4.79 Å². The lowest BCUT2D eigenvalue weighted by Gasteiger charge is -2.30. The molecule has 1 aliphatic rings. The molecular weight excluding hydrogens is 210 g/mol. The van der Waals surface area contributed by atoms with E-state index >= 15 is 0 Å². The van der Waals surface area contributed by atoms with E-state index in [-0.39, 0.29) is 5.92 Å². The zero-order valence-corrected chi connectivity index (χ0v) is 9.88. The van der Waals surface area contributed by atoms with Crippen LogP contribution in [0.25, 0.3) is 0 Å². The van der Waals surface area contributed by atoms with Crippen molar-refractivity contribution in [2.45, 2.75) is 26.7 Å². The first-order chi connectivity index (χ1) is 7.16. The Bertz CT molecular complexity index is 355. The predicted molar refractivity (Wildman–Crippen MR) is 60.3 cm³/mol. The number of aromatic nitrogens is 2. The van der Waals surface area contributed by atoms with Crippen molar-refractivity contribution in [1.29, 1.82) is 0 Å². The van der Waals surface area contributed by atoms with Gasteiger partial charge in [-0.1, -0.05) is 11.3 Å². The molecule has 1 saturated heterocycles. The number of hydrogen-bond acceptors (Lipinski definition) is 5. The molecule has 1 fully saturated rings. The molecule has 0 amide bonds. The van der Waals surface area contributed by atoms with Gasteiger partial charge in [0.25, 0.3) is 0 Å². The summed E-state index contributed by atoms with van der Waals surface area (Å²) < 4.78 is 0. The number of carbonyl (C=O) groups is 1. The number of nitrogens with zero attached hydrogens (tertiary/aromatic N) is 3. The molecule has 1 aromatic rings. The van der Waals surface area contributed by atoms with Crippen LogP contribution in [0.15, 0.2) is 0 Å². The highest BCUT2D eigenvalue weighted by molar-refractivity contribution is 7.15. The lowest BCUT2D eigenvalue weighted by Crippen LogP contribution is -2.35. The van der Waals surface area contributed by atoms with Gasteiger partial charge in [0.2, 0.25) is 5.13 Å². The zero-order valence-electron chi connectivity index (χ0n) is 9.06. The van der Waals surface area contributed by atoms with Crippen LogP contribution >= 0.6 is 11.3 Å². The van der Waals surface area contributed by atoms with E-state index in [1.54, 1.807) is 18.3 Å². The molecule has 0 N–H and O–H groups in total. The first-order valence-corrected chi connectivity index (χ1v) is 6.04. The second kappa shape index (κ2) is 4.26. The van der Waals surface area contributed by atoms with E-state index in [0.29, 0.717) is 5.78 Å². The highest BCUT2D eigenvalue weighted by atomic mass is 32.1. The van der Waals surface area contributed by atoms with Crippen LogP contribution in [0.3, 0.4) is 0 Å². The number of ketones is 1. The van der Waals surface area contributed by atoms with Crippen molar-refractivity contribution >= 4 is 22.3 Å². The number of anilines is 1. The molecule has 0 spiro atoms. The summed E-state index contributed by atoms with van der Waals surface area (Å²) in [6, 6.07) is 0. The van der Waals surface area contributed by atoms with Crippen molar-refractivity contribution in [3.8, 4) is 0 Å². The Kier molecular flexibility index (Phi) is 3.00. The molecule has 0 aromatic carbocycles. The Balaban J connectivity index is 1.96. The van der Waals surface area contributed by atoms with Crippen molar-refractivity contribution in [2.75, 3.05) is 18.0 Å². The van der Waals surface area contributed by atoms with Gasteiger partial charge in [0, 0.05) is 19.0 Å². The van der Waals surface area contributed by atoms with Crippen molar-refractivity contribution in [2.24, 2.45) is 5.92 Å². The summed E-state index contributed by atoms with van der Waals surface area (Å²) in [6.07, 6.45) is 1.90. The van der Waals surface area contributed by atoms with Crippen molar-refractivity contribution in [3.63, 3.8) is 0 Å². The summed E-state index contributed by atoms with van der Waals surface area (Å²) in [5.74, 6) is 0.582. The Hall–Kier alpha value is -0.970. The molecule has 5 heteroatoms. The number of hydrogen-bond donors (Lipinski definition) is 0. The van der Waals surface area contributed by atoms with Gasteiger partial charge in [0.1, 0.15) is 10.8 Å². The molecule has 0 radical (unpaired) electrons. The molecule has 0 saturated carbocycles. The van der Waals surface area contributed by atoms with Crippen LogP contribution in [0.4, 0.5) is 5.13 Å². The lowest BCUT2D eigenvalue weighted by atomic mass is 9.94. The molecule has 0 aliphatic carbocycles. The van der Waals surface area contributed by atoms with Gasteiger partial charge in [0.15, 0.2) is 0 Å². The minimum atomic E-state index is 0.260. The summed E-state index contributed by atoms with van der Waals surface area (Å²) in [5.41, 5.74) is 0. The third-order valence-corrected chi connectivity index (χ3v) is 3.76. The predicted octanol–water partition coefficient (Wildman–Crippen LogP) is 1.65. The highest BCUT2D eigenvalue weighted by Crippen LogP contribution is 2.25. The SMILES string of the molecule is CC(=O)C1CCN(c2nnc(C)s2)CC1. The van der Waals surface area contributed by atoms with Crippen LogP contribution in [0.2, 0.25) is 0 Å². The summed E-state index contributed by atoms with van der Waals surface area (Å²) in [7, 11) is 0. The summed E-state index contributed by atoms with van der Waals surface area (Å²) >= 11 is 1.62. The molecule has 1 aromatic heterocycles. The van der Waals surface area contributed by atoms with E-state index < -0.39 is 0 Å². The molecular formula is C10H15N3OS. The largest absolute Gasteiger partial charge is 0.347 e. The van der Waals surface area contributed by atoms with Crippen LogP contribution in [-0.2, 0) is 4.79 Å². The van der Waals surface area contributed by atoms with E-state index in [1.165, 1.54) is 0 Å². The second-order valence-corrected chi connectivity index (χ2v) is 5.14. The maximum absolute atomic E-state index is 11.2. The summed E-state index contributed by atoms with van der Waals surface area (Å²) in [5, 5.41) is 10.1. The normalized spacial score (nSPS) is 18.1. The minimum Gasteiger partial charge on any atom is -0.347 e. The first-order valence-electron chi connectivity index (χ1n) is 5.22. The van der Waals surface area contributed by atoms with Crippen molar-refractivity contribution in [3.05, 3.63) is 5.01 Å². The van der Waals surface area contributed by atoms with Crippen LogP contribution in [0.5, 0.6) is 0 Å². The van der Waals surface area contributed by atoms with Gasteiger partial charge in [-0.15, -0.1) is 10.2 Å². The Morgan fingerprint density at radius 1 is 1.40 bits per heavy atom. The molecule has 2 heterocycles. The van der Waals surface area contributed by atoms with Gasteiger partial charge in [-0.25, -0.2) is 0 Å². The number of rotatable bonds is 2. The van der Waals surface area contributed by atoms with Gasteiger partial charge < -0.3 is 4.90 Å². The highest BCUT2D eigenvalue weighted by Gasteiger charge is 2.23. The summed E-state index contributed by atoms with van der Waals surface area (Å²) in [4.78, 5) is 13.4. The molecule has 15 heavy (non-hydrogen) atoms. The van der Waals surface area contributed by atoms with Gasteiger partial charge in [-0.2, -0.15) is 0 Å². The van der Waals surface area contributed by atoms with Crippen LogP contribution in [0, 0.1) is 12.8 Å². The maximum Gasteiger partial charge on any atom is 0.208 e. The molecule has 0 atom stereocenters. The first kappa shape index (κ1) is 10.5. The number of carbonyl (C=O) groups excluding carboxylic acids is 1. The maximum atomic E-state index is 11.2. The number of piperidine rings is 1. The number of Topliss-reactive ketones (excluding diaryl/α,β-unsaturated/α-hetero) is 1. The Morgan fingerprint density at radius 3 is 2.53 bits per heavy atom. The fourth-order valence-corrected chi connectivity index (χ4v) is 2.63. The topological polar surface area (TPSA) is 46.1 Å². The molecule has 4 nitrogen and oxygen atoms in total. The summed E-state index contributed by atoms with van der Waals surface area (Å²) in [6.45, 7) is 5.51. The monoisotopic (exact) mass is 225 g/mol. The van der Waals surface area contributed by atoms with E-state index in [0.717, 1.165) is 36.1 Å². The Morgan fingerprint density at radius 2 is 2.07 bits per heavy atom. The third kappa shape index (κ3) is 2.34. The lowest BCUT2D eigenvalue weighted by molar-refractivity contribution is -0.121. The average molecular weight is 225 g/mol. The zero-order chi connectivity index (χ0) is 10.8. The van der Waals surface area contributed by atoms with E-state index in [4.69, 9.17) is 0 Å². The standard InChI is InChI=1S/C10H15N3OS/c1-7(14)9-3-5-13(6-4-9)10-12-11-8(2)15-10/h9H,3-6H2,1-2H3. The van der Waals surface area contributed by atoms with E-state index in [2.05, 4.69) is 15.1 Å². The van der Waals surface area contributed by atoms with Crippen molar-refractivity contribution < 1.29 is 4.79 Å². The quantitative estimate of drug-likeness (QED) is 0.768. The molecule has 82 valence electrons. The van der Waals surface area contributed by atoms with Gasteiger partial charge >= 0.3 is 0 Å². The molecule has 0 unspecified atom stereocenters. The van der Waals surface area contributed by atoms with Crippen LogP contribution < -0.4 is 4.90 Å². The Labute approximate surface area is 93.3 Å². The fourth-order valence-electron chi connectivity index (χ4n) is 1.89. The van der Waals surface area contributed by atoms with E-state index in [1.807, 2.05) is 6.92 Å². The average Bonchev–Trinajstić information content (AvgIpc) is 2.65. The second-order valence-electron chi connectivity index (χ2n) is 3.98. The van der Waals surface area contributed by atoms with Crippen molar-refractivity contribution in [1.82, 2.24) is 10.2 Å². The molecule has 1 aliphatic heterocycles. The molecule has 0 bridgehead atoms. The van der Waals surface area contributed by atoms with Gasteiger partial charge in [-0.3, -0.25) is 4.79 Å². The molecule has 2 rings (SSSR count). The minimum absolute atomic E-state index is 0.260. The third-order valence-electron chi connectivity index (χ3n) is 2.86. The smallest absolute Gasteiger partial charge is 0.208 e. The fraction of sp³-hybridized carbons (Fsp3) is 0.700.